The van der Waals surface area contributed by atoms with Gasteiger partial charge in [-0.3, -0.25) is 14.5 Å². The van der Waals surface area contributed by atoms with Crippen molar-refractivity contribution in [1.82, 2.24) is 0 Å². The maximum Gasteiger partial charge on any atom is 0.238 e. The van der Waals surface area contributed by atoms with E-state index in [1.807, 2.05) is 62.1 Å². The largest absolute Gasteiger partial charge is 0.326 e. The van der Waals surface area contributed by atoms with Crippen molar-refractivity contribution in [3.63, 3.8) is 0 Å². The number of rotatable bonds is 4. The van der Waals surface area contributed by atoms with Crippen LogP contribution in [0.25, 0.3) is 0 Å². The first-order chi connectivity index (χ1) is 13.9. The van der Waals surface area contributed by atoms with Gasteiger partial charge in [0, 0.05) is 17.8 Å². The van der Waals surface area contributed by atoms with Crippen LogP contribution in [-0.2, 0) is 15.0 Å². The summed E-state index contributed by atoms with van der Waals surface area (Å²) in [6.45, 7) is 12.7. The summed E-state index contributed by atoms with van der Waals surface area (Å²) in [6, 6.07) is 16.1. The molecule has 3 rings (SSSR count). The number of amides is 2. The lowest BCUT2D eigenvalue weighted by molar-refractivity contribution is -0.118. The van der Waals surface area contributed by atoms with Crippen LogP contribution in [-0.4, -0.2) is 17.6 Å². The van der Waals surface area contributed by atoms with Crippen molar-refractivity contribution < 1.29 is 9.59 Å². The molecule has 1 saturated heterocycles. The van der Waals surface area contributed by atoms with Gasteiger partial charge in [0.05, 0.1) is 5.75 Å². The average molecular weight is 425 g/mol. The SMILES string of the molecule is CC(C)(C)CC(=O)Nc1ccc(C2SCC(=O)N2c2ccc(C(C)(C)C)cc2)cc1. The molecule has 5 heteroatoms. The third-order valence-corrected chi connectivity index (χ3v) is 6.26. The molecule has 1 N–H and O–H groups in total. The molecule has 1 fully saturated rings. The van der Waals surface area contributed by atoms with Crippen LogP contribution < -0.4 is 10.2 Å². The van der Waals surface area contributed by atoms with Crippen LogP contribution in [0.1, 0.15) is 64.5 Å². The van der Waals surface area contributed by atoms with E-state index in [9.17, 15) is 9.59 Å². The van der Waals surface area contributed by atoms with Crippen molar-refractivity contribution in [2.24, 2.45) is 5.41 Å². The number of benzene rings is 2. The molecule has 0 saturated carbocycles. The van der Waals surface area contributed by atoms with Crippen molar-refractivity contribution >= 4 is 35.0 Å². The summed E-state index contributed by atoms with van der Waals surface area (Å²) in [5, 5.41) is 2.90. The van der Waals surface area contributed by atoms with E-state index in [1.54, 1.807) is 11.8 Å². The van der Waals surface area contributed by atoms with E-state index in [-0.39, 0.29) is 28.0 Å². The Morgan fingerprint density at radius 3 is 2.13 bits per heavy atom. The number of hydrogen-bond donors (Lipinski definition) is 1. The normalized spacial score (nSPS) is 17.3. The van der Waals surface area contributed by atoms with Crippen LogP contribution in [0.2, 0.25) is 0 Å². The lowest BCUT2D eigenvalue weighted by atomic mass is 9.87. The molecule has 1 unspecified atom stereocenters. The topological polar surface area (TPSA) is 49.4 Å². The molecule has 160 valence electrons. The van der Waals surface area contributed by atoms with Gasteiger partial charge in [0.2, 0.25) is 11.8 Å². The highest BCUT2D eigenvalue weighted by Gasteiger charge is 2.34. The summed E-state index contributed by atoms with van der Waals surface area (Å²) in [6.07, 6.45) is 0.472. The minimum absolute atomic E-state index is 0.0150. The third-order valence-electron chi connectivity index (χ3n) is 5.05. The van der Waals surface area contributed by atoms with Crippen molar-refractivity contribution in [2.75, 3.05) is 16.0 Å². The molecule has 30 heavy (non-hydrogen) atoms. The molecule has 0 aromatic heterocycles. The van der Waals surface area contributed by atoms with Gasteiger partial charge in [-0.05, 0) is 46.2 Å². The summed E-state index contributed by atoms with van der Waals surface area (Å²) >= 11 is 1.63. The first kappa shape index (κ1) is 22.4. The number of anilines is 2. The van der Waals surface area contributed by atoms with Crippen LogP contribution in [0.3, 0.4) is 0 Å². The Kier molecular flexibility index (Phi) is 6.32. The van der Waals surface area contributed by atoms with Gasteiger partial charge in [0.25, 0.3) is 0 Å². The van der Waals surface area contributed by atoms with E-state index in [0.717, 1.165) is 16.9 Å². The molecule has 2 amide bonds. The van der Waals surface area contributed by atoms with Crippen LogP contribution in [0.15, 0.2) is 48.5 Å². The molecule has 4 nitrogen and oxygen atoms in total. The van der Waals surface area contributed by atoms with Crippen molar-refractivity contribution in [2.45, 2.75) is 58.8 Å². The van der Waals surface area contributed by atoms with Crippen molar-refractivity contribution in [3.8, 4) is 0 Å². The van der Waals surface area contributed by atoms with E-state index in [1.165, 1.54) is 5.56 Å². The van der Waals surface area contributed by atoms with E-state index in [2.05, 4.69) is 38.2 Å². The molecular formula is C25H32N2O2S. The zero-order chi connectivity index (χ0) is 22.1. The van der Waals surface area contributed by atoms with E-state index in [0.29, 0.717) is 12.2 Å². The number of thioether (sulfide) groups is 1. The first-order valence-corrected chi connectivity index (χ1v) is 11.4. The lowest BCUT2D eigenvalue weighted by Gasteiger charge is -2.26. The molecular weight excluding hydrogens is 392 g/mol. The summed E-state index contributed by atoms with van der Waals surface area (Å²) in [5.74, 6) is 0.604. The first-order valence-electron chi connectivity index (χ1n) is 10.4. The molecule has 0 bridgehead atoms. The molecule has 1 aliphatic rings. The number of hydrogen-bond acceptors (Lipinski definition) is 3. The highest BCUT2D eigenvalue weighted by molar-refractivity contribution is 8.00. The number of carbonyl (C=O) groups excluding carboxylic acids is 2. The second-order valence-corrected chi connectivity index (χ2v) is 11.2. The Bertz CT molecular complexity index is 906. The Hall–Kier alpha value is -2.27. The molecule has 1 heterocycles. The van der Waals surface area contributed by atoms with Crippen LogP contribution >= 0.6 is 11.8 Å². The van der Waals surface area contributed by atoms with E-state index in [4.69, 9.17) is 0 Å². The molecule has 1 aliphatic heterocycles. The fourth-order valence-corrected chi connectivity index (χ4v) is 4.67. The second-order valence-electron chi connectivity index (χ2n) is 10.1. The maximum absolute atomic E-state index is 12.6. The number of nitrogens with one attached hydrogen (secondary N) is 1. The standard InChI is InChI=1S/C25H32N2O2S/c1-24(2,3)15-21(28)26-19-11-7-17(8-12-19)23-27(22(29)16-30-23)20-13-9-18(10-14-20)25(4,5)6/h7-14,23H,15-16H2,1-6H3,(H,26,28). The van der Waals surface area contributed by atoms with Gasteiger partial charge < -0.3 is 5.32 Å². The Morgan fingerprint density at radius 2 is 1.60 bits per heavy atom. The van der Waals surface area contributed by atoms with Gasteiger partial charge in [-0.25, -0.2) is 0 Å². The highest BCUT2D eigenvalue weighted by Crippen LogP contribution is 2.42. The average Bonchev–Trinajstić information content (AvgIpc) is 3.01. The lowest BCUT2D eigenvalue weighted by Crippen LogP contribution is -2.28. The highest BCUT2D eigenvalue weighted by atomic mass is 32.2. The predicted molar refractivity (Wildman–Crippen MR) is 127 cm³/mol. The third kappa shape index (κ3) is 5.45. The molecule has 1 atom stereocenters. The fourth-order valence-electron chi connectivity index (χ4n) is 3.49. The molecule has 0 spiro atoms. The zero-order valence-electron chi connectivity index (χ0n) is 18.8. The van der Waals surface area contributed by atoms with Gasteiger partial charge >= 0.3 is 0 Å². The van der Waals surface area contributed by atoms with Gasteiger partial charge in [-0.2, -0.15) is 0 Å². The monoisotopic (exact) mass is 424 g/mol. The predicted octanol–water partition coefficient (Wildman–Crippen LogP) is 6.14. The fraction of sp³-hybridized carbons (Fsp3) is 0.440. The molecule has 2 aromatic rings. The molecule has 0 radical (unpaired) electrons. The summed E-state index contributed by atoms with van der Waals surface area (Å²) < 4.78 is 0. The summed E-state index contributed by atoms with van der Waals surface area (Å²) in [5.41, 5.74) is 4.04. The van der Waals surface area contributed by atoms with Gasteiger partial charge in [0.1, 0.15) is 5.37 Å². The van der Waals surface area contributed by atoms with E-state index >= 15 is 0 Å². The Balaban J connectivity index is 1.76. The summed E-state index contributed by atoms with van der Waals surface area (Å²) in [7, 11) is 0. The van der Waals surface area contributed by atoms with Crippen LogP contribution in [0.5, 0.6) is 0 Å². The number of nitrogens with zero attached hydrogens (tertiary/aromatic N) is 1. The Labute approximate surface area is 184 Å². The smallest absolute Gasteiger partial charge is 0.238 e. The molecule has 0 aliphatic carbocycles. The van der Waals surface area contributed by atoms with Crippen molar-refractivity contribution in [3.05, 3.63) is 59.7 Å². The second kappa shape index (κ2) is 8.46. The van der Waals surface area contributed by atoms with E-state index < -0.39 is 0 Å². The Morgan fingerprint density at radius 1 is 1.00 bits per heavy atom. The van der Waals surface area contributed by atoms with Crippen LogP contribution in [0.4, 0.5) is 11.4 Å². The minimum atomic E-state index is -0.0580. The van der Waals surface area contributed by atoms with Gasteiger partial charge in [0.15, 0.2) is 0 Å². The van der Waals surface area contributed by atoms with Crippen molar-refractivity contribution in [1.29, 1.82) is 0 Å². The van der Waals surface area contributed by atoms with Gasteiger partial charge in [-0.15, -0.1) is 11.8 Å². The zero-order valence-corrected chi connectivity index (χ0v) is 19.6. The quantitative estimate of drug-likeness (QED) is 0.641. The molecule has 2 aromatic carbocycles. The maximum atomic E-state index is 12.6. The minimum Gasteiger partial charge on any atom is -0.326 e. The summed E-state index contributed by atoms with van der Waals surface area (Å²) in [4.78, 5) is 26.7. The number of carbonyl (C=O) groups is 2. The van der Waals surface area contributed by atoms with Gasteiger partial charge in [-0.1, -0.05) is 65.8 Å². The van der Waals surface area contributed by atoms with Crippen LogP contribution in [0, 0.1) is 5.41 Å².